The van der Waals surface area contributed by atoms with E-state index in [1.165, 1.54) is 19.2 Å². The van der Waals surface area contributed by atoms with Crippen molar-refractivity contribution in [3.63, 3.8) is 0 Å². The first-order valence-corrected chi connectivity index (χ1v) is 12.6. The Bertz CT molecular complexity index is 1260. The van der Waals surface area contributed by atoms with Crippen molar-refractivity contribution in [1.29, 1.82) is 5.26 Å². The van der Waals surface area contributed by atoms with Gasteiger partial charge in [0.1, 0.15) is 36.5 Å². The van der Waals surface area contributed by atoms with Crippen molar-refractivity contribution in [3.8, 4) is 11.8 Å². The highest BCUT2D eigenvalue weighted by Gasteiger charge is 2.37. The fourth-order valence-electron chi connectivity index (χ4n) is 3.92. The highest BCUT2D eigenvalue weighted by atomic mass is 16.6. The number of rotatable bonds is 10. The number of nitriles is 1. The summed E-state index contributed by atoms with van der Waals surface area (Å²) in [6, 6.07) is 10.8. The molecule has 2 aromatic carbocycles. The lowest BCUT2D eigenvalue weighted by atomic mass is 9.95. The first-order chi connectivity index (χ1) is 18.7. The van der Waals surface area contributed by atoms with Crippen LogP contribution < -0.4 is 10.6 Å². The maximum atomic E-state index is 14.1. The summed E-state index contributed by atoms with van der Waals surface area (Å²) in [6.45, 7) is 7.66. The predicted molar refractivity (Wildman–Crippen MR) is 146 cm³/mol. The van der Waals surface area contributed by atoms with Gasteiger partial charge in [0.15, 0.2) is 0 Å². The van der Waals surface area contributed by atoms with E-state index in [9.17, 15) is 29.5 Å². The molecule has 2 rings (SSSR count). The number of alkyl carbamates (subject to hydrolysis) is 1. The molecule has 0 saturated heterocycles. The van der Waals surface area contributed by atoms with Crippen LogP contribution in [0.15, 0.2) is 42.5 Å². The number of methoxy groups -OCH3 is 1. The molecule has 11 heteroatoms. The van der Waals surface area contributed by atoms with Crippen molar-refractivity contribution in [2.75, 3.05) is 20.2 Å². The number of benzene rings is 2. The standard InChI is InChI=1S/C29H36N4O7/c1-18-7-8-19(2)22(15-18)25(26(36)31-17-24(35)39-6)33(14-13-30)27(37)23(32-28(38)40-29(3,4)5)16-20-9-11-21(34)12-10-20/h7-12,15,23,25,34H,14,16-17H2,1-6H3,(H,31,36)(H,32,38). The van der Waals surface area contributed by atoms with Crippen molar-refractivity contribution in [1.82, 2.24) is 15.5 Å². The van der Waals surface area contributed by atoms with Gasteiger partial charge in [0.25, 0.3) is 0 Å². The number of aryl methyl sites for hydroxylation is 2. The van der Waals surface area contributed by atoms with Gasteiger partial charge in [0, 0.05) is 6.42 Å². The van der Waals surface area contributed by atoms with Crippen molar-refractivity contribution in [2.24, 2.45) is 0 Å². The van der Waals surface area contributed by atoms with Gasteiger partial charge >= 0.3 is 12.1 Å². The molecule has 0 aliphatic heterocycles. The van der Waals surface area contributed by atoms with Crippen LogP contribution in [0.4, 0.5) is 4.79 Å². The molecular formula is C29H36N4O7. The van der Waals surface area contributed by atoms with E-state index in [0.717, 1.165) is 10.5 Å². The second-order valence-corrected chi connectivity index (χ2v) is 10.3. The topological polar surface area (TPSA) is 158 Å². The molecule has 2 atom stereocenters. The molecule has 2 aromatic rings. The third-order valence-corrected chi connectivity index (χ3v) is 5.81. The molecule has 0 spiro atoms. The minimum absolute atomic E-state index is 0.0232. The molecule has 40 heavy (non-hydrogen) atoms. The quantitative estimate of drug-likeness (QED) is 0.300. The highest BCUT2D eigenvalue weighted by Crippen LogP contribution is 2.27. The molecule has 214 valence electrons. The van der Waals surface area contributed by atoms with Gasteiger partial charge in [-0.3, -0.25) is 14.4 Å². The first kappa shape index (κ1) is 31.6. The number of amides is 3. The molecule has 3 amide bonds. The summed E-state index contributed by atoms with van der Waals surface area (Å²) >= 11 is 0. The normalized spacial score (nSPS) is 12.3. The van der Waals surface area contributed by atoms with Gasteiger partial charge in [-0.2, -0.15) is 5.26 Å². The van der Waals surface area contributed by atoms with Crippen LogP contribution in [-0.4, -0.2) is 65.7 Å². The van der Waals surface area contributed by atoms with E-state index in [4.69, 9.17) is 4.74 Å². The predicted octanol–water partition coefficient (Wildman–Crippen LogP) is 2.83. The second kappa shape index (κ2) is 14.0. The van der Waals surface area contributed by atoms with Gasteiger partial charge in [-0.25, -0.2) is 4.79 Å². The van der Waals surface area contributed by atoms with Crippen LogP contribution in [0.3, 0.4) is 0 Å². The Morgan fingerprint density at radius 1 is 1.07 bits per heavy atom. The molecule has 0 heterocycles. The highest BCUT2D eigenvalue weighted by molar-refractivity contribution is 5.93. The number of esters is 1. The lowest BCUT2D eigenvalue weighted by Crippen LogP contribution is -2.54. The lowest BCUT2D eigenvalue weighted by molar-refractivity contribution is -0.144. The lowest BCUT2D eigenvalue weighted by Gasteiger charge is -2.33. The number of aromatic hydroxyl groups is 1. The summed E-state index contributed by atoms with van der Waals surface area (Å²) in [4.78, 5) is 53.2. The molecule has 0 bridgehead atoms. The van der Waals surface area contributed by atoms with Crippen molar-refractivity contribution in [3.05, 3.63) is 64.7 Å². The number of carbonyl (C=O) groups is 4. The molecule has 0 aromatic heterocycles. The number of nitrogens with one attached hydrogen (secondary N) is 2. The number of hydrogen-bond acceptors (Lipinski definition) is 8. The van der Waals surface area contributed by atoms with Crippen molar-refractivity contribution in [2.45, 2.75) is 58.7 Å². The van der Waals surface area contributed by atoms with Gasteiger partial charge in [-0.15, -0.1) is 0 Å². The van der Waals surface area contributed by atoms with Crippen LogP contribution in [0.25, 0.3) is 0 Å². The Balaban J connectivity index is 2.58. The average molecular weight is 553 g/mol. The summed E-state index contributed by atoms with van der Waals surface area (Å²) in [5, 5.41) is 24.4. The zero-order valence-electron chi connectivity index (χ0n) is 23.6. The van der Waals surface area contributed by atoms with Gasteiger partial charge in [0.05, 0.1) is 13.2 Å². The van der Waals surface area contributed by atoms with Crippen LogP contribution in [0.1, 0.15) is 49.1 Å². The molecule has 0 fully saturated rings. The number of phenols is 1. The fraction of sp³-hybridized carbons (Fsp3) is 0.414. The smallest absolute Gasteiger partial charge is 0.408 e. The number of hydrogen-bond donors (Lipinski definition) is 3. The zero-order valence-corrected chi connectivity index (χ0v) is 23.6. The Morgan fingerprint density at radius 3 is 2.30 bits per heavy atom. The third kappa shape index (κ3) is 9.31. The maximum Gasteiger partial charge on any atom is 0.408 e. The van der Waals surface area contributed by atoms with Crippen molar-refractivity contribution >= 4 is 23.9 Å². The molecule has 0 saturated carbocycles. The minimum Gasteiger partial charge on any atom is -0.508 e. The molecule has 2 unspecified atom stereocenters. The van der Waals surface area contributed by atoms with E-state index in [2.05, 4.69) is 15.4 Å². The Hall–Kier alpha value is -4.59. The van der Waals surface area contributed by atoms with Crippen LogP contribution in [0, 0.1) is 25.2 Å². The summed E-state index contributed by atoms with van der Waals surface area (Å²) in [5.74, 6) is -2.10. The summed E-state index contributed by atoms with van der Waals surface area (Å²) < 4.78 is 9.98. The summed E-state index contributed by atoms with van der Waals surface area (Å²) in [6.07, 6.45) is -0.885. The van der Waals surface area contributed by atoms with Gasteiger partial charge < -0.3 is 30.1 Å². The molecule has 0 radical (unpaired) electrons. The van der Waals surface area contributed by atoms with Gasteiger partial charge in [0.2, 0.25) is 11.8 Å². The molecular weight excluding hydrogens is 516 g/mol. The number of carbonyl (C=O) groups excluding carboxylic acids is 4. The Morgan fingerprint density at radius 2 is 1.73 bits per heavy atom. The van der Waals surface area contributed by atoms with E-state index in [-0.39, 0.29) is 12.2 Å². The number of phenolic OH excluding ortho intramolecular Hbond substituents is 1. The zero-order chi connectivity index (χ0) is 30.0. The molecule has 0 aliphatic rings. The van der Waals surface area contributed by atoms with E-state index in [1.54, 1.807) is 52.0 Å². The van der Waals surface area contributed by atoms with Crippen molar-refractivity contribution < 1.29 is 33.8 Å². The van der Waals surface area contributed by atoms with Crippen LogP contribution >= 0.6 is 0 Å². The Kier molecular flexibility index (Phi) is 11.1. The van der Waals surface area contributed by atoms with Crippen LogP contribution in [0.5, 0.6) is 5.75 Å². The van der Waals surface area contributed by atoms with E-state index < -0.39 is 54.7 Å². The second-order valence-electron chi connectivity index (χ2n) is 10.3. The van der Waals surface area contributed by atoms with E-state index in [1.807, 2.05) is 19.1 Å². The molecule has 11 nitrogen and oxygen atoms in total. The SMILES string of the molecule is COC(=O)CNC(=O)C(c1cc(C)ccc1C)N(CC#N)C(=O)C(Cc1ccc(O)cc1)NC(=O)OC(C)(C)C. The largest absolute Gasteiger partial charge is 0.508 e. The van der Waals surface area contributed by atoms with E-state index in [0.29, 0.717) is 16.7 Å². The summed E-state index contributed by atoms with van der Waals surface area (Å²) in [7, 11) is 1.18. The summed E-state index contributed by atoms with van der Waals surface area (Å²) in [5.41, 5.74) is 1.68. The number of nitrogens with zero attached hydrogens (tertiary/aromatic N) is 2. The average Bonchev–Trinajstić information content (AvgIpc) is 2.88. The van der Waals surface area contributed by atoms with E-state index >= 15 is 0 Å². The fourth-order valence-corrected chi connectivity index (χ4v) is 3.92. The molecule has 0 aliphatic carbocycles. The van der Waals surface area contributed by atoms with Crippen LogP contribution in [0.2, 0.25) is 0 Å². The third-order valence-electron chi connectivity index (χ3n) is 5.81. The van der Waals surface area contributed by atoms with Gasteiger partial charge in [-0.05, 0) is 63.4 Å². The van der Waals surface area contributed by atoms with Gasteiger partial charge in [-0.1, -0.05) is 35.9 Å². The van der Waals surface area contributed by atoms with Crippen LogP contribution in [-0.2, 0) is 30.3 Å². The first-order valence-electron chi connectivity index (χ1n) is 12.6. The minimum atomic E-state index is -1.31. The molecule has 3 N–H and O–H groups in total. The monoisotopic (exact) mass is 552 g/mol. The number of ether oxygens (including phenoxy) is 2. The Labute approximate surface area is 234 Å². The maximum absolute atomic E-state index is 14.1.